The molecule has 3 aliphatic rings. The molecule has 4 rings (SSSR count). The molecular formula is C21H30N2O4. The Morgan fingerprint density at radius 3 is 2.74 bits per heavy atom. The standard InChI is InChI=1S/C21H30N2O4/c24-20(19-5-10-25-11-6-19)23-15-21(16-23)13-17(4-12-27-21)3-9-26-14-18-1-7-22-8-2-18/h1-2,7-8,17,19H,3-6,9-16H2. The molecule has 27 heavy (non-hydrogen) atoms. The van der Waals surface area contributed by atoms with Crippen LogP contribution in [0.15, 0.2) is 24.5 Å². The summed E-state index contributed by atoms with van der Waals surface area (Å²) in [4.78, 5) is 18.6. The van der Waals surface area contributed by atoms with Crippen LogP contribution in [0.3, 0.4) is 0 Å². The fourth-order valence-electron chi connectivity index (χ4n) is 4.52. The number of amides is 1. The van der Waals surface area contributed by atoms with E-state index in [1.165, 1.54) is 0 Å². The third kappa shape index (κ3) is 4.68. The molecule has 0 N–H and O–H groups in total. The van der Waals surface area contributed by atoms with E-state index in [2.05, 4.69) is 4.98 Å². The van der Waals surface area contributed by atoms with Gasteiger partial charge in [0.15, 0.2) is 0 Å². The monoisotopic (exact) mass is 374 g/mol. The highest BCUT2D eigenvalue weighted by Gasteiger charge is 2.50. The Morgan fingerprint density at radius 1 is 1.19 bits per heavy atom. The van der Waals surface area contributed by atoms with Crippen LogP contribution in [0.25, 0.3) is 0 Å². The van der Waals surface area contributed by atoms with Gasteiger partial charge in [0.2, 0.25) is 5.91 Å². The van der Waals surface area contributed by atoms with Gasteiger partial charge in [-0.3, -0.25) is 9.78 Å². The van der Waals surface area contributed by atoms with Gasteiger partial charge in [0, 0.05) is 44.7 Å². The number of carbonyl (C=O) groups excluding carboxylic acids is 1. The van der Waals surface area contributed by atoms with Gasteiger partial charge >= 0.3 is 0 Å². The summed E-state index contributed by atoms with van der Waals surface area (Å²) in [5.74, 6) is 1.07. The van der Waals surface area contributed by atoms with Crippen LogP contribution in [0.4, 0.5) is 0 Å². The van der Waals surface area contributed by atoms with Crippen LogP contribution in [-0.2, 0) is 25.6 Å². The second kappa shape index (κ2) is 8.67. The Morgan fingerprint density at radius 2 is 1.96 bits per heavy atom. The molecule has 3 aliphatic heterocycles. The number of pyridine rings is 1. The number of nitrogens with zero attached hydrogens (tertiary/aromatic N) is 2. The lowest BCUT2D eigenvalue weighted by molar-refractivity contribution is -0.193. The van der Waals surface area contributed by atoms with E-state index in [-0.39, 0.29) is 11.5 Å². The first kappa shape index (κ1) is 18.8. The van der Waals surface area contributed by atoms with Gasteiger partial charge in [-0.1, -0.05) is 0 Å². The van der Waals surface area contributed by atoms with Crippen molar-refractivity contribution in [3.05, 3.63) is 30.1 Å². The van der Waals surface area contributed by atoms with Crippen molar-refractivity contribution in [2.45, 2.75) is 44.3 Å². The number of hydrogen-bond acceptors (Lipinski definition) is 5. The summed E-state index contributed by atoms with van der Waals surface area (Å²) < 4.78 is 17.3. The van der Waals surface area contributed by atoms with Gasteiger partial charge in [0.25, 0.3) is 0 Å². The molecular weight excluding hydrogens is 344 g/mol. The number of carbonyl (C=O) groups is 1. The van der Waals surface area contributed by atoms with Crippen molar-refractivity contribution in [1.29, 1.82) is 0 Å². The number of likely N-dealkylation sites (tertiary alicyclic amines) is 1. The van der Waals surface area contributed by atoms with Crippen LogP contribution in [0.2, 0.25) is 0 Å². The topological polar surface area (TPSA) is 60.9 Å². The van der Waals surface area contributed by atoms with E-state index in [0.717, 1.165) is 64.0 Å². The quantitative estimate of drug-likeness (QED) is 0.716. The van der Waals surface area contributed by atoms with Crippen LogP contribution in [0.5, 0.6) is 0 Å². The van der Waals surface area contributed by atoms with Crippen molar-refractivity contribution in [2.24, 2.45) is 11.8 Å². The van der Waals surface area contributed by atoms with Gasteiger partial charge in [-0.05, 0) is 55.7 Å². The second-order valence-electron chi connectivity index (χ2n) is 8.17. The van der Waals surface area contributed by atoms with Crippen LogP contribution < -0.4 is 0 Å². The second-order valence-corrected chi connectivity index (χ2v) is 8.17. The Hall–Kier alpha value is -1.50. The first-order chi connectivity index (χ1) is 13.2. The minimum Gasteiger partial charge on any atom is -0.381 e. The van der Waals surface area contributed by atoms with Crippen molar-refractivity contribution in [1.82, 2.24) is 9.88 Å². The lowest BCUT2D eigenvalue weighted by Gasteiger charge is -2.54. The highest BCUT2D eigenvalue weighted by molar-refractivity contribution is 5.80. The van der Waals surface area contributed by atoms with Crippen LogP contribution in [-0.4, -0.2) is 60.9 Å². The number of aromatic nitrogens is 1. The largest absolute Gasteiger partial charge is 0.381 e. The lowest BCUT2D eigenvalue weighted by Crippen LogP contribution is -2.67. The van der Waals surface area contributed by atoms with Crippen molar-refractivity contribution in [2.75, 3.05) is 39.5 Å². The summed E-state index contributed by atoms with van der Waals surface area (Å²) in [6.07, 6.45) is 8.51. The van der Waals surface area contributed by atoms with E-state index >= 15 is 0 Å². The summed E-state index contributed by atoms with van der Waals surface area (Å²) in [6.45, 7) is 5.17. The van der Waals surface area contributed by atoms with Gasteiger partial charge in [0.05, 0.1) is 19.7 Å². The van der Waals surface area contributed by atoms with E-state index in [1.807, 2.05) is 17.0 Å². The third-order valence-electron chi connectivity index (χ3n) is 6.12. The van der Waals surface area contributed by atoms with Crippen molar-refractivity contribution >= 4 is 5.91 Å². The van der Waals surface area contributed by atoms with Crippen LogP contribution in [0.1, 0.15) is 37.7 Å². The van der Waals surface area contributed by atoms with Crippen LogP contribution in [0, 0.1) is 11.8 Å². The van der Waals surface area contributed by atoms with Crippen molar-refractivity contribution in [3.8, 4) is 0 Å². The molecule has 1 spiro atoms. The summed E-state index contributed by atoms with van der Waals surface area (Å²) in [6, 6.07) is 3.98. The summed E-state index contributed by atoms with van der Waals surface area (Å²) >= 11 is 0. The number of rotatable bonds is 6. The molecule has 6 nitrogen and oxygen atoms in total. The SMILES string of the molecule is O=C(C1CCOCC1)N1CC2(CC(CCOCc3ccncc3)CCO2)C1. The van der Waals surface area contributed by atoms with Gasteiger partial charge in [-0.15, -0.1) is 0 Å². The number of hydrogen-bond donors (Lipinski definition) is 0. The molecule has 0 saturated carbocycles. The third-order valence-corrected chi connectivity index (χ3v) is 6.12. The Balaban J connectivity index is 1.18. The molecule has 1 aromatic heterocycles. The first-order valence-corrected chi connectivity index (χ1v) is 10.2. The molecule has 1 atom stereocenters. The zero-order valence-electron chi connectivity index (χ0n) is 16.0. The minimum absolute atomic E-state index is 0.102. The maximum atomic E-state index is 12.6. The minimum atomic E-state index is -0.102. The fourth-order valence-corrected chi connectivity index (χ4v) is 4.52. The van der Waals surface area contributed by atoms with E-state index in [4.69, 9.17) is 14.2 Å². The summed E-state index contributed by atoms with van der Waals surface area (Å²) in [5.41, 5.74) is 1.06. The zero-order chi connectivity index (χ0) is 18.5. The maximum Gasteiger partial charge on any atom is 0.226 e. The van der Waals surface area contributed by atoms with E-state index in [9.17, 15) is 4.79 Å². The molecule has 1 unspecified atom stereocenters. The molecule has 148 valence electrons. The average molecular weight is 374 g/mol. The molecule has 0 aromatic carbocycles. The number of ether oxygens (including phenoxy) is 3. The molecule has 1 aromatic rings. The van der Waals surface area contributed by atoms with Crippen molar-refractivity contribution < 1.29 is 19.0 Å². The molecule has 0 bridgehead atoms. The van der Waals surface area contributed by atoms with E-state index in [0.29, 0.717) is 31.6 Å². The van der Waals surface area contributed by atoms with E-state index in [1.54, 1.807) is 12.4 Å². The zero-order valence-corrected chi connectivity index (χ0v) is 16.0. The highest BCUT2D eigenvalue weighted by atomic mass is 16.5. The summed E-state index contributed by atoms with van der Waals surface area (Å²) in [5, 5.41) is 0. The summed E-state index contributed by atoms with van der Waals surface area (Å²) in [7, 11) is 0. The Labute approximate surface area is 161 Å². The fraction of sp³-hybridized carbons (Fsp3) is 0.714. The van der Waals surface area contributed by atoms with Gasteiger partial charge in [-0.2, -0.15) is 0 Å². The smallest absolute Gasteiger partial charge is 0.226 e. The molecule has 3 saturated heterocycles. The van der Waals surface area contributed by atoms with Crippen LogP contribution >= 0.6 is 0 Å². The van der Waals surface area contributed by atoms with Gasteiger partial charge in [-0.25, -0.2) is 0 Å². The predicted molar refractivity (Wildman–Crippen MR) is 100 cm³/mol. The highest BCUT2D eigenvalue weighted by Crippen LogP contribution is 2.39. The lowest BCUT2D eigenvalue weighted by atomic mass is 9.78. The average Bonchev–Trinajstić information content (AvgIpc) is 2.70. The normalized spacial score (nSPS) is 25.3. The predicted octanol–water partition coefficient (Wildman–Crippen LogP) is 2.42. The first-order valence-electron chi connectivity index (χ1n) is 10.2. The molecule has 0 aliphatic carbocycles. The molecule has 3 fully saturated rings. The van der Waals surface area contributed by atoms with E-state index < -0.39 is 0 Å². The van der Waals surface area contributed by atoms with Crippen molar-refractivity contribution in [3.63, 3.8) is 0 Å². The maximum absolute atomic E-state index is 12.6. The Kier molecular flexibility index (Phi) is 6.05. The molecule has 0 radical (unpaired) electrons. The van der Waals surface area contributed by atoms with Gasteiger partial charge < -0.3 is 19.1 Å². The van der Waals surface area contributed by atoms with Gasteiger partial charge in [0.1, 0.15) is 5.60 Å². The molecule has 1 amide bonds. The Bertz CT molecular complexity index is 612. The molecule has 6 heteroatoms. The molecule has 4 heterocycles.